The van der Waals surface area contributed by atoms with Gasteiger partial charge in [-0.15, -0.1) is 0 Å². The molecule has 2 heterocycles. The molecular weight excluding hydrogens is 879 g/mol. The third-order valence-electron chi connectivity index (χ3n) is 12.1. The summed E-state index contributed by atoms with van der Waals surface area (Å²) in [5, 5.41) is 29.2. The highest BCUT2D eigenvalue weighted by atomic mass is 16.4. The fourth-order valence-corrected chi connectivity index (χ4v) is 7.76. The van der Waals surface area contributed by atoms with E-state index in [0.29, 0.717) is 36.9 Å². The van der Waals surface area contributed by atoms with Gasteiger partial charge in [-0.2, -0.15) is 0 Å². The second-order valence-electron chi connectivity index (χ2n) is 17.7. The first kappa shape index (κ1) is 55.7. The number of nitrogens with two attached hydrogens (primary N) is 2. The van der Waals surface area contributed by atoms with Crippen LogP contribution in [0.5, 0.6) is 0 Å². The first-order valence-electron chi connectivity index (χ1n) is 23.4. The summed E-state index contributed by atoms with van der Waals surface area (Å²) in [6, 6.07) is 0.810. The number of aromatic nitrogens is 2. The van der Waals surface area contributed by atoms with Crippen LogP contribution in [-0.2, 0) is 51.2 Å². The minimum atomic E-state index is -1.25. The van der Waals surface area contributed by atoms with E-state index in [2.05, 4.69) is 52.2 Å². The summed E-state index contributed by atoms with van der Waals surface area (Å²) in [5.41, 5.74) is 12.1. The van der Waals surface area contributed by atoms with Crippen LogP contribution in [0.4, 0.5) is 0 Å². The highest BCUT2D eigenvalue weighted by Crippen LogP contribution is 2.21. The number of guanidine groups is 1. The van der Waals surface area contributed by atoms with E-state index >= 15 is 0 Å². The van der Waals surface area contributed by atoms with E-state index in [-0.39, 0.29) is 51.3 Å². The lowest BCUT2D eigenvalue weighted by molar-refractivity contribution is -0.145. The Labute approximate surface area is 398 Å². The Morgan fingerprint density at radius 3 is 1.94 bits per heavy atom. The van der Waals surface area contributed by atoms with Crippen molar-refractivity contribution in [1.82, 2.24) is 52.1 Å². The van der Waals surface area contributed by atoms with Crippen molar-refractivity contribution in [2.75, 3.05) is 26.7 Å². The van der Waals surface area contributed by atoms with Gasteiger partial charge in [0.25, 0.3) is 0 Å². The van der Waals surface area contributed by atoms with Crippen molar-refractivity contribution in [1.29, 1.82) is 0 Å². The number of H-pyrrole nitrogens is 1. The fraction of sp³-hybridized carbons (Fsp3) is 0.609. The minimum absolute atomic E-state index is 0.0304. The van der Waals surface area contributed by atoms with Crippen LogP contribution in [0.15, 0.2) is 47.8 Å². The molecule has 0 unspecified atom stereocenters. The summed E-state index contributed by atoms with van der Waals surface area (Å²) in [7, 11) is 1.58. The Bertz CT molecular complexity index is 2010. The summed E-state index contributed by atoms with van der Waals surface area (Å²) in [6.45, 7) is 10.9. The number of likely N-dealkylation sites (tertiary alicyclic amines) is 1. The number of carboxylic acid groups (broad SMARTS) is 1. The molecule has 0 saturated carbocycles. The predicted octanol–water partition coefficient (Wildman–Crippen LogP) is -0.800. The van der Waals surface area contributed by atoms with E-state index < -0.39 is 107 Å². The van der Waals surface area contributed by atoms with Crippen molar-refractivity contribution >= 4 is 53.3 Å². The van der Waals surface area contributed by atoms with E-state index in [1.165, 1.54) is 17.4 Å². The molecule has 1 aliphatic heterocycles. The molecule has 9 atom stereocenters. The summed E-state index contributed by atoms with van der Waals surface area (Å²) in [4.78, 5) is 122. The number of rotatable bonds is 28. The van der Waals surface area contributed by atoms with Gasteiger partial charge in [0.05, 0.1) is 12.9 Å². The molecule has 22 nitrogen and oxygen atoms in total. The van der Waals surface area contributed by atoms with Gasteiger partial charge in [0.15, 0.2) is 5.96 Å². The number of carbonyl (C=O) groups is 8. The van der Waals surface area contributed by atoms with Crippen molar-refractivity contribution in [2.24, 2.45) is 34.2 Å². The molecule has 22 heteroatoms. The Kier molecular flexibility index (Phi) is 22.9. The number of hydrogen-bond donors (Lipinski definition) is 11. The second kappa shape index (κ2) is 27.9. The van der Waals surface area contributed by atoms with E-state index in [1.54, 1.807) is 65.1 Å². The average molecular weight is 952 g/mol. The zero-order valence-electron chi connectivity index (χ0n) is 40.3. The number of carbonyl (C=O) groups excluding carboxylic acids is 7. The summed E-state index contributed by atoms with van der Waals surface area (Å²) < 4.78 is 0. The number of imidazole rings is 1. The van der Waals surface area contributed by atoms with Crippen LogP contribution < -0.4 is 48.7 Å². The summed E-state index contributed by atoms with van der Waals surface area (Å²) in [5.74, 6) is -7.05. The lowest BCUT2D eigenvalue weighted by Gasteiger charge is -2.32. The van der Waals surface area contributed by atoms with Gasteiger partial charge < -0.3 is 63.7 Å². The summed E-state index contributed by atoms with van der Waals surface area (Å²) >= 11 is 0. The van der Waals surface area contributed by atoms with E-state index in [9.17, 15) is 43.5 Å². The fourth-order valence-electron chi connectivity index (χ4n) is 7.76. The van der Waals surface area contributed by atoms with E-state index in [4.69, 9.17) is 11.5 Å². The van der Waals surface area contributed by atoms with Crippen molar-refractivity contribution in [3.05, 3.63) is 54.1 Å². The number of benzene rings is 1. The largest absolute Gasteiger partial charge is 0.480 e. The molecule has 2 aromatic rings. The maximum atomic E-state index is 14.5. The molecule has 7 amide bonds. The molecule has 0 aliphatic carbocycles. The van der Waals surface area contributed by atoms with Crippen molar-refractivity contribution < 1.29 is 43.5 Å². The number of likely N-dealkylation sites (N-methyl/N-ethyl adjacent to an activating group) is 1. The lowest BCUT2D eigenvalue weighted by Crippen LogP contribution is -2.62. The molecule has 0 spiro atoms. The Balaban J connectivity index is 1.84. The van der Waals surface area contributed by atoms with E-state index in [0.717, 1.165) is 0 Å². The quantitative estimate of drug-likeness (QED) is 0.0283. The Morgan fingerprint density at radius 2 is 1.40 bits per heavy atom. The topological polar surface area (TPSA) is 337 Å². The van der Waals surface area contributed by atoms with Gasteiger partial charge in [0.1, 0.15) is 42.3 Å². The minimum Gasteiger partial charge on any atom is -0.480 e. The SMILES string of the molecule is CC[C@H](C)[C@H](NC(=O)[C@@H](NC(=O)[C@H](CCCN=C(N)N)NC(=O)CNC)C(C)C)C(=O)N[C@H](C(=O)N[C@@H](Cc1cnc[nH]1)C(=O)N1CCC[C@@H]1C(=O)N[C@@H](Cc1ccccc1)C(=O)O)[C@@H](C)CC. The molecule has 3 rings (SSSR count). The molecule has 68 heavy (non-hydrogen) atoms. The van der Waals surface area contributed by atoms with Gasteiger partial charge in [-0.3, -0.25) is 38.6 Å². The van der Waals surface area contributed by atoms with Crippen LogP contribution in [0.1, 0.15) is 91.3 Å². The zero-order chi connectivity index (χ0) is 50.5. The van der Waals surface area contributed by atoms with Crippen LogP contribution in [0.3, 0.4) is 0 Å². The molecule has 0 radical (unpaired) electrons. The van der Waals surface area contributed by atoms with E-state index in [1.807, 2.05) is 13.8 Å². The number of aliphatic carboxylic acids is 1. The van der Waals surface area contributed by atoms with Crippen LogP contribution in [-0.4, -0.2) is 142 Å². The molecule has 1 aromatic heterocycles. The number of nitrogens with zero attached hydrogens (tertiary/aromatic N) is 3. The number of carboxylic acids is 1. The van der Waals surface area contributed by atoms with Gasteiger partial charge in [-0.25, -0.2) is 9.78 Å². The molecular formula is C46H73N13O9. The molecule has 1 aromatic carbocycles. The van der Waals surface area contributed by atoms with Crippen LogP contribution >= 0.6 is 0 Å². The first-order chi connectivity index (χ1) is 32.3. The molecule has 0 bridgehead atoms. The summed E-state index contributed by atoms with van der Waals surface area (Å²) in [6.07, 6.45) is 4.99. The maximum Gasteiger partial charge on any atom is 0.326 e. The number of nitrogens with one attached hydrogen (secondary N) is 8. The number of aliphatic imine (C=N–C) groups is 1. The molecule has 1 fully saturated rings. The number of aromatic amines is 1. The normalized spacial score (nSPS) is 16.9. The Morgan fingerprint density at radius 1 is 0.794 bits per heavy atom. The van der Waals surface area contributed by atoms with Gasteiger partial charge >= 0.3 is 5.97 Å². The van der Waals surface area contributed by atoms with Gasteiger partial charge in [-0.1, -0.05) is 84.7 Å². The van der Waals surface area contributed by atoms with Gasteiger partial charge in [-0.05, 0) is 56.0 Å². The molecule has 1 saturated heterocycles. The van der Waals surface area contributed by atoms with Crippen LogP contribution in [0, 0.1) is 17.8 Å². The Hall–Kier alpha value is -6.58. The van der Waals surface area contributed by atoms with Crippen molar-refractivity contribution in [2.45, 2.75) is 135 Å². The maximum absolute atomic E-state index is 14.5. The standard InChI is InChI=1S/C46H73N13O9/c1-8-27(5)37(58-43(65)38(28(6)9-2)57-41(63)36(26(3)4)56-39(61)31(53-35(60)24-49-7)17-13-19-51-46(47)48)42(64)54-32(22-30-23-50-25-52-30)44(66)59-20-14-18-34(59)40(62)55-33(45(67)68)21-29-15-11-10-12-16-29/h10-12,15-16,23,25-28,31-34,36-38,49H,8-9,13-14,17-22,24H2,1-7H3,(H,50,52)(H,53,60)(H,54,64)(H,55,62)(H,56,61)(H,57,63)(H,58,65)(H,67,68)(H4,47,48,51)/t27-,28-,31-,32-,33-,34+,36-,37-,38-/m0/s1. The third-order valence-corrected chi connectivity index (χ3v) is 12.1. The second-order valence-corrected chi connectivity index (χ2v) is 17.7. The highest BCUT2D eigenvalue weighted by molar-refractivity contribution is 5.98. The van der Waals surface area contributed by atoms with Gasteiger partial charge in [0.2, 0.25) is 41.4 Å². The molecule has 1 aliphatic rings. The van der Waals surface area contributed by atoms with Crippen LogP contribution in [0.25, 0.3) is 0 Å². The first-order valence-corrected chi connectivity index (χ1v) is 23.4. The zero-order valence-corrected chi connectivity index (χ0v) is 40.3. The number of amides is 7. The highest BCUT2D eigenvalue weighted by Gasteiger charge is 2.41. The average Bonchev–Trinajstić information content (AvgIpc) is 4.02. The monoisotopic (exact) mass is 952 g/mol. The predicted molar refractivity (Wildman–Crippen MR) is 254 cm³/mol. The number of hydrogen-bond acceptors (Lipinski definition) is 11. The van der Waals surface area contributed by atoms with Crippen molar-refractivity contribution in [3.63, 3.8) is 0 Å². The third kappa shape index (κ3) is 17.3. The van der Waals surface area contributed by atoms with Gasteiger partial charge in [0, 0.05) is 37.8 Å². The van der Waals surface area contributed by atoms with Crippen LogP contribution in [0.2, 0.25) is 0 Å². The van der Waals surface area contributed by atoms with Crippen molar-refractivity contribution in [3.8, 4) is 0 Å². The smallest absolute Gasteiger partial charge is 0.326 e. The lowest BCUT2D eigenvalue weighted by atomic mass is 9.93. The molecule has 13 N–H and O–H groups in total. The molecule has 376 valence electrons.